The number of rotatable bonds is 6. The SMILES string of the molecule is CN(C)CCCN(C)C(=O)c1ncccc1C(=O)O. The minimum atomic E-state index is -1.14. The lowest BCUT2D eigenvalue weighted by Crippen LogP contribution is -2.31. The van der Waals surface area contributed by atoms with Crippen molar-refractivity contribution in [1.29, 1.82) is 0 Å². The fourth-order valence-corrected chi connectivity index (χ4v) is 1.65. The topological polar surface area (TPSA) is 73.7 Å². The fourth-order valence-electron chi connectivity index (χ4n) is 1.65. The molecule has 0 aliphatic carbocycles. The second kappa shape index (κ2) is 6.84. The third kappa shape index (κ3) is 4.33. The highest BCUT2D eigenvalue weighted by atomic mass is 16.4. The fraction of sp³-hybridized carbons (Fsp3) is 0.462. The van der Waals surface area contributed by atoms with Crippen LogP contribution in [0.5, 0.6) is 0 Å². The van der Waals surface area contributed by atoms with Crippen LogP contribution in [-0.4, -0.2) is 66.0 Å². The molecule has 0 aliphatic rings. The van der Waals surface area contributed by atoms with Gasteiger partial charge in [-0.1, -0.05) is 0 Å². The Morgan fingerprint density at radius 3 is 2.53 bits per heavy atom. The number of hydrogen-bond acceptors (Lipinski definition) is 4. The summed E-state index contributed by atoms with van der Waals surface area (Å²) in [6, 6.07) is 2.89. The molecule has 19 heavy (non-hydrogen) atoms. The number of pyridine rings is 1. The molecule has 6 nitrogen and oxygen atoms in total. The normalized spacial score (nSPS) is 10.5. The molecule has 0 bridgehead atoms. The number of amides is 1. The van der Waals surface area contributed by atoms with E-state index in [-0.39, 0.29) is 17.2 Å². The quantitative estimate of drug-likeness (QED) is 0.823. The molecule has 1 N–H and O–H groups in total. The summed E-state index contributed by atoms with van der Waals surface area (Å²) in [5.41, 5.74) is -0.0747. The molecule has 1 amide bonds. The Kier molecular flexibility index (Phi) is 5.44. The summed E-state index contributed by atoms with van der Waals surface area (Å²) < 4.78 is 0. The molecule has 0 spiro atoms. The molecule has 0 aromatic carbocycles. The highest BCUT2D eigenvalue weighted by Gasteiger charge is 2.20. The molecule has 0 unspecified atom stereocenters. The Labute approximate surface area is 112 Å². The Morgan fingerprint density at radius 2 is 1.95 bits per heavy atom. The molecule has 0 saturated heterocycles. The number of carboxylic acids is 1. The van der Waals surface area contributed by atoms with Crippen LogP contribution in [0.15, 0.2) is 18.3 Å². The molecule has 6 heteroatoms. The van der Waals surface area contributed by atoms with E-state index in [2.05, 4.69) is 4.98 Å². The van der Waals surface area contributed by atoms with Gasteiger partial charge in [-0.15, -0.1) is 0 Å². The van der Waals surface area contributed by atoms with E-state index in [1.807, 2.05) is 19.0 Å². The summed E-state index contributed by atoms with van der Waals surface area (Å²) in [5, 5.41) is 9.03. The number of carboxylic acid groups (broad SMARTS) is 1. The van der Waals surface area contributed by atoms with Crippen molar-refractivity contribution in [3.05, 3.63) is 29.6 Å². The summed E-state index contributed by atoms with van der Waals surface area (Å²) in [4.78, 5) is 30.6. The van der Waals surface area contributed by atoms with Crippen LogP contribution in [0.3, 0.4) is 0 Å². The van der Waals surface area contributed by atoms with Gasteiger partial charge in [0.2, 0.25) is 0 Å². The maximum Gasteiger partial charge on any atom is 0.338 e. The Hall–Kier alpha value is -1.95. The van der Waals surface area contributed by atoms with Gasteiger partial charge < -0.3 is 14.9 Å². The molecular weight excluding hydrogens is 246 g/mol. The zero-order valence-electron chi connectivity index (χ0n) is 11.5. The van der Waals surface area contributed by atoms with Crippen LogP contribution in [-0.2, 0) is 0 Å². The molecule has 0 atom stereocenters. The van der Waals surface area contributed by atoms with Gasteiger partial charge in [0.05, 0.1) is 5.56 Å². The van der Waals surface area contributed by atoms with E-state index >= 15 is 0 Å². The minimum Gasteiger partial charge on any atom is -0.478 e. The predicted octanol–water partition coefficient (Wildman–Crippen LogP) is 0.803. The lowest BCUT2D eigenvalue weighted by atomic mass is 10.1. The van der Waals surface area contributed by atoms with Gasteiger partial charge >= 0.3 is 5.97 Å². The van der Waals surface area contributed by atoms with E-state index in [4.69, 9.17) is 5.11 Å². The van der Waals surface area contributed by atoms with Gasteiger partial charge in [0.15, 0.2) is 0 Å². The van der Waals surface area contributed by atoms with Crippen molar-refractivity contribution in [2.24, 2.45) is 0 Å². The monoisotopic (exact) mass is 265 g/mol. The molecule has 1 aromatic rings. The van der Waals surface area contributed by atoms with Crippen molar-refractivity contribution in [3.8, 4) is 0 Å². The first kappa shape index (κ1) is 15.1. The van der Waals surface area contributed by atoms with Gasteiger partial charge in [-0.2, -0.15) is 0 Å². The van der Waals surface area contributed by atoms with Crippen molar-refractivity contribution in [2.75, 3.05) is 34.2 Å². The standard InChI is InChI=1S/C13H19N3O3/c1-15(2)8-5-9-16(3)12(17)11-10(13(18)19)6-4-7-14-11/h4,6-7H,5,8-9H2,1-3H3,(H,18,19). The zero-order chi connectivity index (χ0) is 14.4. The first-order chi connectivity index (χ1) is 8.93. The molecule has 1 rings (SSSR count). The van der Waals surface area contributed by atoms with Crippen molar-refractivity contribution in [2.45, 2.75) is 6.42 Å². The number of hydrogen-bond donors (Lipinski definition) is 1. The Morgan fingerprint density at radius 1 is 1.26 bits per heavy atom. The molecule has 0 aliphatic heterocycles. The number of nitrogens with zero attached hydrogens (tertiary/aromatic N) is 3. The van der Waals surface area contributed by atoms with E-state index in [1.165, 1.54) is 23.2 Å². The lowest BCUT2D eigenvalue weighted by Gasteiger charge is -2.18. The number of aromatic nitrogens is 1. The smallest absolute Gasteiger partial charge is 0.338 e. The third-order valence-electron chi connectivity index (χ3n) is 2.69. The number of aromatic carboxylic acids is 1. The average Bonchev–Trinajstić information content (AvgIpc) is 2.37. The lowest BCUT2D eigenvalue weighted by molar-refractivity contribution is 0.0679. The molecule has 1 aromatic heterocycles. The summed E-state index contributed by atoms with van der Waals surface area (Å²) in [6.07, 6.45) is 2.25. The molecule has 0 saturated carbocycles. The second-order valence-electron chi connectivity index (χ2n) is 4.59. The largest absolute Gasteiger partial charge is 0.478 e. The van der Waals surface area contributed by atoms with Crippen LogP contribution in [0.25, 0.3) is 0 Å². The van der Waals surface area contributed by atoms with Crippen molar-refractivity contribution in [1.82, 2.24) is 14.8 Å². The van der Waals surface area contributed by atoms with Gasteiger partial charge in [-0.3, -0.25) is 9.78 Å². The van der Waals surface area contributed by atoms with Gasteiger partial charge in [0.1, 0.15) is 5.69 Å². The van der Waals surface area contributed by atoms with Crippen LogP contribution in [0.1, 0.15) is 27.3 Å². The van der Waals surface area contributed by atoms with Crippen molar-refractivity contribution < 1.29 is 14.7 Å². The predicted molar refractivity (Wildman–Crippen MR) is 71.3 cm³/mol. The highest BCUT2D eigenvalue weighted by molar-refractivity contribution is 6.03. The van der Waals surface area contributed by atoms with Crippen molar-refractivity contribution >= 4 is 11.9 Å². The zero-order valence-corrected chi connectivity index (χ0v) is 11.5. The van der Waals surface area contributed by atoms with Crippen LogP contribution < -0.4 is 0 Å². The molecule has 0 radical (unpaired) electrons. The van der Waals surface area contributed by atoms with Crippen LogP contribution in [0.4, 0.5) is 0 Å². The molecular formula is C13H19N3O3. The first-order valence-corrected chi connectivity index (χ1v) is 6.02. The summed E-state index contributed by atoms with van der Waals surface area (Å²) >= 11 is 0. The number of carbonyl (C=O) groups excluding carboxylic acids is 1. The van der Waals surface area contributed by atoms with Gasteiger partial charge in [0.25, 0.3) is 5.91 Å². The molecule has 1 heterocycles. The van der Waals surface area contributed by atoms with Crippen LogP contribution >= 0.6 is 0 Å². The van der Waals surface area contributed by atoms with Crippen LogP contribution in [0, 0.1) is 0 Å². The molecule has 0 fully saturated rings. The highest BCUT2D eigenvalue weighted by Crippen LogP contribution is 2.08. The summed E-state index contributed by atoms with van der Waals surface area (Å²) in [6.45, 7) is 1.43. The van der Waals surface area contributed by atoms with Crippen LogP contribution in [0.2, 0.25) is 0 Å². The maximum absolute atomic E-state index is 12.1. The third-order valence-corrected chi connectivity index (χ3v) is 2.69. The van der Waals surface area contributed by atoms with E-state index < -0.39 is 5.97 Å². The maximum atomic E-state index is 12.1. The van der Waals surface area contributed by atoms with E-state index in [0.717, 1.165) is 13.0 Å². The minimum absolute atomic E-state index is 0.0117. The Bertz CT molecular complexity index is 460. The van der Waals surface area contributed by atoms with Gasteiger partial charge in [-0.25, -0.2) is 4.79 Å². The van der Waals surface area contributed by atoms with Gasteiger partial charge in [-0.05, 0) is 39.2 Å². The van der Waals surface area contributed by atoms with E-state index in [1.54, 1.807) is 7.05 Å². The average molecular weight is 265 g/mol. The van der Waals surface area contributed by atoms with E-state index in [9.17, 15) is 9.59 Å². The summed E-state index contributed by atoms with van der Waals surface area (Å²) in [7, 11) is 5.57. The van der Waals surface area contributed by atoms with Crippen molar-refractivity contribution in [3.63, 3.8) is 0 Å². The molecule has 104 valence electrons. The Balaban J connectivity index is 2.74. The number of carbonyl (C=O) groups is 2. The second-order valence-corrected chi connectivity index (χ2v) is 4.59. The van der Waals surface area contributed by atoms with Gasteiger partial charge in [0, 0.05) is 19.8 Å². The first-order valence-electron chi connectivity index (χ1n) is 6.02. The summed E-state index contributed by atoms with van der Waals surface area (Å²) in [5.74, 6) is -1.50. The van der Waals surface area contributed by atoms with E-state index in [0.29, 0.717) is 6.54 Å².